The zero-order valence-corrected chi connectivity index (χ0v) is 6.57. The van der Waals surface area contributed by atoms with Crippen molar-refractivity contribution in [3.05, 3.63) is 28.5 Å². The molecule has 0 bridgehead atoms. The van der Waals surface area contributed by atoms with Gasteiger partial charge in [-0.25, -0.2) is 13.8 Å². The number of hydrogen-bond donors (Lipinski definition) is 0. The van der Waals surface area contributed by atoms with Crippen LogP contribution in [0.15, 0.2) is 12.1 Å². The quantitative estimate of drug-likeness (QED) is 0.601. The number of aryl methyl sites for hydroxylation is 1. The van der Waals surface area contributed by atoms with Crippen molar-refractivity contribution in [1.29, 1.82) is 0 Å². The Labute approximate surface area is 68.0 Å². The fourth-order valence-corrected chi connectivity index (χ4v) is 0.800. The summed E-state index contributed by atoms with van der Waals surface area (Å²) >= 11 is 5.51. The first-order valence-corrected chi connectivity index (χ1v) is 3.40. The maximum Gasteiger partial charge on any atom is 0.280 e. The maximum absolute atomic E-state index is 12.0. The summed E-state index contributed by atoms with van der Waals surface area (Å²) in [5.74, 6) is 0. The average molecular weight is 178 g/mol. The number of pyridine rings is 1. The molecule has 0 aliphatic rings. The molecule has 0 aliphatic heterocycles. The first-order chi connectivity index (χ1) is 5.11. The molecular weight excluding hydrogens is 172 g/mol. The van der Waals surface area contributed by atoms with E-state index in [0.717, 1.165) is 0 Å². The smallest absolute Gasteiger partial charge is 0.235 e. The van der Waals surface area contributed by atoms with E-state index in [1.54, 1.807) is 6.92 Å². The first kappa shape index (κ1) is 8.40. The van der Waals surface area contributed by atoms with Gasteiger partial charge in [0.05, 0.1) is 0 Å². The molecule has 0 N–H and O–H groups in total. The molecule has 0 spiro atoms. The fraction of sp³-hybridized carbons (Fsp3) is 0.286. The van der Waals surface area contributed by atoms with E-state index in [9.17, 15) is 8.78 Å². The summed E-state index contributed by atoms with van der Waals surface area (Å²) in [6.45, 7) is 1.71. The third-order valence-electron chi connectivity index (χ3n) is 1.28. The lowest BCUT2D eigenvalue weighted by atomic mass is 10.3. The third-order valence-corrected chi connectivity index (χ3v) is 1.66. The monoisotopic (exact) mass is 177 g/mol. The fourth-order valence-electron chi connectivity index (χ4n) is 0.639. The topological polar surface area (TPSA) is 12.9 Å². The Kier molecular flexibility index (Phi) is 2.39. The van der Waals surface area contributed by atoms with E-state index in [0.29, 0.717) is 5.56 Å². The molecule has 1 aromatic rings. The summed E-state index contributed by atoms with van der Waals surface area (Å²) in [5.41, 5.74) is 0.427. The van der Waals surface area contributed by atoms with E-state index in [2.05, 4.69) is 4.98 Å². The molecule has 1 nitrogen and oxygen atoms in total. The van der Waals surface area contributed by atoms with E-state index >= 15 is 0 Å². The molecule has 4 heteroatoms. The summed E-state index contributed by atoms with van der Waals surface area (Å²) in [6.07, 6.45) is -2.55. The van der Waals surface area contributed by atoms with Gasteiger partial charge in [0.1, 0.15) is 10.8 Å². The number of rotatable bonds is 1. The highest BCUT2D eigenvalue weighted by Gasteiger charge is 2.09. The second kappa shape index (κ2) is 3.13. The number of hydrogen-bond acceptors (Lipinski definition) is 1. The van der Waals surface area contributed by atoms with Gasteiger partial charge in [-0.3, -0.25) is 0 Å². The second-order valence-corrected chi connectivity index (χ2v) is 2.50. The van der Waals surface area contributed by atoms with Gasteiger partial charge in [0, 0.05) is 0 Å². The Balaban J connectivity index is 3.05. The van der Waals surface area contributed by atoms with E-state index in [1.165, 1.54) is 12.1 Å². The normalized spacial score (nSPS) is 10.6. The Morgan fingerprint density at radius 1 is 1.45 bits per heavy atom. The van der Waals surface area contributed by atoms with Crippen LogP contribution in [0, 0.1) is 6.92 Å². The van der Waals surface area contributed by atoms with Gasteiger partial charge < -0.3 is 0 Å². The van der Waals surface area contributed by atoms with Crippen LogP contribution in [0.4, 0.5) is 8.78 Å². The zero-order valence-electron chi connectivity index (χ0n) is 5.81. The SMILES string of the molecule is Cc1ccc(C(F)F)nc1Cl. The highest BCUT2D eigenvalue weighted by molar-refractivity contribution is 6.30. The van der Waals surface area contributed by atoms with E-state index in [4.69, 9.17) is 11.6 Å². The van der Waals surface area contributed by atoms with Crippen molar-refractivity contribution in [2.75, 3.05) is 0 Å². The van der Waals surface area contributed by atoms with Gasteiger partial charge in [-0.05, 0) is 18.6 Å². The van der Waals surface area contributed by atoms with Gasteiger partial charge in [0.25, 0.3) is 6.43 Å². The van der Waals surface area contributed by atoms with Crippen LogP contribution in [0.5, 0.6) is 0 Å². The zero-order chi connectivity index (χ0) is 8.43. The number of nitrogens with zero attached hydrogens (tertiary/aromatic N) is 1. The molecule has 0 saturated heterocycles. The van der Waals surface area contributed by atoms with Crippen LogP contribution >= 0.6 is 11.6 Å². The maximum atomic E-state index is 12.0. The second-order valence-electron chi connectivity index (χ2n) is 2.14. The third kappa shape index (κ3) is 1.87. The Hall–Kier alpha value is -0.700. The minimum atomic E-state index is -2.55. The highest BCUT2D eigenvalue weighted by atomic mass is 35.5. The Morgan fingerprint density at radius 2 is 2.09 bits per heavy atom. The van der Waals surface area contributed by atoms with Crippen LogP contribution in [0.2, 0.25) is 5.15 Å². The van der Waals surface area contributed by atoms with Gasteiger partial charge in [-0.15, -0.1) is 0 Å². The predicted molar refractivity (Wildman–Crippen MR) is 38.9 cm³/mol. The van der Waals surface area contributed by atoms with Crippen LogP contribution in [0.25, 0.3) is 0 Å². The lowest BCUT2D eigenvalue weighted by molar-refractivity contribution is 0.146. The van der Waals surface area contributed by atoms with Crippen LogP contribution in [0.1, 0.15) is 17.7 Å². The van der Waals surface area contributed by atoms with Crippen LogP contribution < -0.4 is 0 Å². The summed E-state index contributed by atoms with van der Waals surface area (Å²) in [5, 5.41) is 0.141. The molecule has 0 amide bonds. The Morgan fingerprint density at radius 3 is 2.55 bits per heavy atom. The summed E-state index contributed by atoms with van der Waals surface area (Å²) in [7, 11) is 0. The molecule has 1 aromatic heterocycles. The van der Waals surface area contributed by atoms with Crippen molar-refractivity contribution in [2.24, 2.45) is 0 Å². The van der Waals surface area contributed by atoms with E-state index < -0.39 is 6.43 Å². The van der Waals surface area contributed by atoms with Crippen LogP contribution in [-0.2, 0) is 0 Å². The number of halogens is 3. The largest absolute Gasteiger partial charge is 0.280 e. The molecule has 0 aliphatic carbocycles. The van der Waals surface area contributed by atoms with Gasteiger partial charge in [0.15, 0.2) is 0 Å². The van der Waals surface area contributed by atoms with Gasteiger partial charge in [0.2, 0.25) is 0 Å². The van der Waals surface area contributed by atoms with Crippen molar-refractivity contribution in [3.63, 3.8) is 0 Å². The molecular formula is C7H6ClF2N. The molecule has 11 heavy (non-hydrogen) atoms. The molecule has 0 atom stereocenters. The standard InChI is InChI=1S/C7H6ClF2N/c1-4-2-3-5(7(9)10)11-6(4)8/h2-3,7H,1H3. The summed E-state index contributed by atoms with van der Waals surface area (Å²) in [4.78, 5) is 3.49. The number of alkyl halides is 2. The molecule has 1 rings (SSSR count). The van der Waals surface area contributed by atoms with E-state index in [-0.39, 0.29) is 10.8 Å². The lowest BCUT2D eigenvalue weighted by Gasteiger charge is -2.00. The van der Waals surface area contributed by atoms with Crippen molar-refractivity contribution in [1.82, 2.24) is 4.98 Å². The summed E-state index contributed by atoms with van der Waals surface area (Å²) < 4.78 is 23.9. The highest BCUT2D eigenvalue weighted by Crippen LogP contribution is 2.20. The predicted octanol–water partition coefficient (Wildman–Crippen LogP) is 2.98. The van der Waals surface area contributed by atoms with E-state index in [1.807, 2.05) is 0 Å². The van der Waals surface area contributed by atoms with Gasteiger partial charge >= 0.3 is 0 Å². The van der Waals surface area contributed by atoms with Crippen molar-refractivity contribution in [2.45, 2.75) is 13.3 Å². The molecule has 0 unspecified atom stereocenters. The minimum absolute atomic E-state index is 0.141. The Bertz CT molecular complexity index is 263. The molecule has 0 radical (unpaired) electrons. The molecule has 0 fully saturated rings. The van der Waals surface area contributed by atoms with Gasteiger partial charge in [-0.2, -0.15) is 0 Å². The first-order valence-electron chi connectivity index (χ1n) is 3.02. The van der Waals surface area contributed by atoms with Crippen LogP contribution in [-0.4, -0.2) is 4.98 Å². The minimum Gasteiger partial charge on any atom is -0.235 e. The molecule has 0 aromatic carbocycles. The van der Waals surface area contributed by atoms with Gasteiger partial charge in [-0.1, -0.05) is 17.7 Å². The lowest BCUT2D eigenvalue weighted by Crippen LogP contribution is -1.91. The van der Waals surface area contributed by atoms with Crippen molar-refractivity contribution >= 4 is 11.6 Å². The average Bonchev–Trinajstić information content (AvgIpc) is 1.94. The molecule has 1 heterocycles. The molecule has 0 saturated carbocycles. The van der Waals surface area contributed by atoms with Crippen molar-refractivity contribution in [3.8, 4) is 0 Å². The molecule has 60 valence electrons. The number of aromatic nitrogens is 1. The summed E-state index contributed by atoms with van der Waals surface area (Å²) in [6, 6.07) is 2.79. The van der Waals surface area contributed by atoms with Crippen LogP contribution in [0.3, 0.4) is 0 Å². The van der Waals surface area contributed by atoms with Crippen molar-refractivity contribution < 1.29 is 8.78 Å².